The van der Waals surface area contributed by atoms with Crippen LogP contribution in [-0.4, -0.2) is 43.7 Å². The maximum atomic E-state index is 5.69. The first-order chi connectivity index (χ1) is 7.26. The van der Waals surface area contributed by atoms with Crippen LogP contribution in [0.3, 0.4) is 0 Å². The second kappa shape index (κ2) is 6.55. The van der Waals surface area contributed by atoms with Gasteiger partial charge in [0.15, 0.2) is 5.15 Å². The van der Waals surface area contributed by atoms with E-state index in [4.69, 9.17) is 21.1 Å². The molecule has 0 saturated heterocycles. The Morgan fingerprint density at radius 3 is 2.93 bits per heavy atom. The molecule has 1 N–H and O–H groups in total. The lowest BCUT2D eigenvalue weighted by atomic mass is 10.3. The first-order valence-electron chi connectivity index (χ1n) is 4.50. The fraction of sp³-hybridized carbons (Fsp3) is 0.556. The zero-order valence-electron chi connectivity index (χ0n) is 8.74. The molecule has 0 aliphatic heterocycles. The third-order valence-electron chi connectivity index (χ3n) is 1.84. The standard InChI is InChI=1S/C9H14ClN3O2/c1-14-6-8(15-2)5-11-7-3-9(10)13-12-4-7/h3-4,8H,5-6H2,1-2H3,(H,11,13). The molecular weight excluding hydrogens is 218 g/mol. The number of nitrogens with one attached hydrogen (secondary N) is 1. The molecule has 0 aliphatic rings. The predicted octanol–water partition coefficient (Wildman–Crippen LogP) is 1.20. The summed E-state index contributed by atoms with van der Waals surface area (Å²) < 4.78 is 10.2. The molecule has 15 heavy (non-hydrogen) atoms. The Morgan fingerprint density at radius 2 is 2.33 bits per heavy atom. The number of hydrogen-bond acceptors (Lipinski definition) is 5. The molecule has 1 heterocycles. The topological polar surface area (TPSA) is 56.3 Å². The quantitative estimate of drug-likeness (QED) is 0.798. The molecular formula is C9H14ClN3O2. The van der Waals surface area contributed by atoms with Gasteiger partial charge in [-0.2, -0.15) is 5.10 Å². The fourth-order valence-electron chi connectivity index (χ4n) is 1.07. The minimum absolute atomic E-state index is 0.00180. The normalized spacial score (nSPS) is 12.5. The van der Waals surface area contributed by atoms with Gasteiger partial charge in [-0.25, -0.2) is 0 Å². The van der Waals surface area contributed by atoms with E-state index < -0.39 is 0 Å². The van der Waals surface area contributed by atoms with Gasteiger partial charge in [0.05, 0.1) is 24.6 Å². The lowest BCUT2D eigenvalue weighted by molar-refractivity contribution is 0.0365. The molecule has 1 aromatic heterocycles. The van der Waals surface area contributed by atoms with Crippen LogP contribution in [0.5, 0.6) is 0 Å². The van der Waals surface area contributed by atoms with E-state index >= 15 is 0 Å². The average molecular weight is 232 g/mol. The van der Waals surface area contributed by atoms with Gasteiger partial charge in [0.2, 0.25) is 0 Å². The van der Waals surface area contributed by atoms with E-state index in [1.54, 1.807) is 26.5 Å². The van der Waals surface area contributed by atoms with Crippen molar-refractivity contribution in [1.82, 2.24) is 10.2 Å². The van der Waals surface area contributed by atoms with Crippen LogP contribution in [0.4, 0.5) is 5.69 Å². The molecule has 0 aliphatic carbocycles. The molecule has 5 nitrogen and oxygen atoms in total. The highest BCUT2D eigenvalue weighted by molar-refractivity contribution is 6.29. The van der Waals surface area contributed by atoms with E-state index in [-0.39, 0.29) is 6.10 Å². The van der Waals surface area contributed by atoms with E-state index in [9.17, 15) is 0 Å². The van der Waals surface area contributed by atoms with Crippen molar-refractivity contribution in [3.63, 3.8) is 0 Å². The van der Waals surface area contributed by atoms with Crippen molar-refractivity contribution in [3.05, 3.63) is 17.4 Å². The Kier molecular flexibility index (Phi) is 5.31. The van der Waals surface area contributed by atoms with Crippen molar-refractivity contribution in [2.24, 2.45) is 0 Å². The van der Waals surface area contributed by atoms with Crippen molar-refractivity contribution in [2.45, 2.75) is 6.10 Å². The summed E-state index contributed by atoms with van der Waals surface area (Å²) in [6.45, 7) is 1.17. The molecule has 0 bridgehead atoms. The van der Waals surface area contributed by atoms with Crippen molar-refractivity contribution in [2.75, 3.05) is 32.7 Å². The SMILES string of the molecule is COCC(CNc1cnnc(Cl)c1)OC. The van der Waals surface area contributed by atoms with Gasteiger partial charge in [0.1, 0.15) is 0 Å². The molecule has 0 saturated carbocycles. The summed E-state index contributed by atoms with van der Waals surface area (Å²) in [5, 5.41) is 10.9. The molecule has 84 valence electrons. The molecule has 0 aromatic carbocycles. The van der Waals surface area contributed by atoms with Gasteiger partial charge in [-0.05, 0) is 0 Å². The Balaban J connectivity index is 2.41. The largest absolute Gasteiger partial charge is 0.382 e. The zero-order chi connectivity index (χ0) is 11.1. The van der Waals surface area contributed by atoms with Gasteiger partial charge in [-0.3, -0.25) is 0 Å². The summed E-state index contributed by atoms with van der Waals surface area (Å²) in [5.74, 6) is 0. The minimum atomic E-state index is 0.00180. The molecule has 0 amide bonds. The zero-order valence-corrected chi connectivity index (χ0v) is 9.49. The third kappa shape index (κ3) is 4.42. The number of ether oxygens (including phenoxy) is 2. The predicted molar refractivity (Wildman–Crippen MR) is 58.2 cm³/mol. The Morgan fingerprint density at radius 1 is 1.53 bits per heavy atom. The number of methoxy groups -OCH3 is 2. The second-order valence-corrected chi connectivity index (χ2v) is 3.35. The van der Waals surface area contributed by atoms with Crippen molar-refractivity contribution >= 4 is 17.3 Å². The summed E-state index contributed by atoms with van der Waals surface area (Å²) >= 11 is 5.69. The lowest BCUT2D eigenvalue weighted by Gasteiger charge is -2.15. The van der Waals surface area contributed by atoms with Crippen LogP contribution < -0.4 is 5.32 Å². The van der Waals surface area contributed by atoms with Gasteiger partial charge in [-0.1, -0.05) is 11.6 Å². The van der Waals surface area contributed by atoms with Gasteiger partial charge < -0.3 is 14.8 Å². The summed E-state index contributed by atoms with van der Waals surface area (Å²) in [7, 11) is 3.28. The maximum Gasteiger partial charge on any atom is 0.153 e. The second-order valence-electron chi connectivity index (χ2n) is 2.96. The highest BCUT2D eigenvalue weighted by atomic mass is 35.5. The summed E-state index contributed by atoms with van der Waals surface area (Å²) in [5.41, 5.74) is 0.813. The highest BCUT2D eigenvalue weighted by Crippen LogP contribution is 2.10. The minimum Gasteiger partial charge on any atom is -0.382 e. The Hall–Kier alpha value is -0.910. The van der Waals surface area contributed by atoms with Crippen LogP contribution >= 0.6 is 11.6 Å². The molecule has 1 rings (SSSR count). The lowest BCUT2D eigenvalue weighted by Crippen LogP contribution is -2.26. The summed E-state index contributed by atoms with van der Waals surface area (Å²) in [6, 6.07) is 1.70. The molecule has 0 fully saturated rings. The van der Waals surface area contributed by atoms with E-state index in [1.165, 1.54) is 0 Å². The first kappa shape index (κ1) is 12.2. The van der Waals surface area contributed by atoms with Crippen LogP contribution in [-0.2, 0) is 9.47 Å². The van der Waals surface area contributed by atoms with Crippen molar-refractivity contribution in [1.29, 1.82) is 0 Å². The first-order valence-corrected chi connectivity index (χ1v) is 4.88. The molecule has 0 spiro atoms. The number of aromatic nitrogens is 2. The van der Waals surface area contributed by atoms with Gasteiger partial charge >= 0.3 is 0 Å². The Labute approximate surface area is 93.7 Å². The van der Waals surface area contributed by atoms with Crippen molar-refractivity contribution < 1.29 is 9.47 Å². The molecule has 1 unspecified atom stereocenters. The number of nitrogens with zero attached hydrogens (tertiary/aromatic N) is 2. The maximum absolute atomic E-state index is 5.69. The van der Waals surface area contributed by atoms with Crippen LogP contribution in [0.15, 0.2) is 12.3 Å². The van der Waals surface area contributed by atoms with E-state index in [0.717, 1.165) is 5.69 Å². The number of hydrogen-bond donors (Lipinski definition) is 1. The summed E-state index contributed by atoms with van der Waals surface area (Å²) in [6.07, 6.45) is 1.60. The van der Waals surface area contributed by atoms with Crippen LogP contribution in [0.1, 0.15) is 0 Å². The number of anilines is 1. The molecule has 0 radical (unpaired) electrons. The van der Waals surface area contributed by atoms with E-state index in [1.807, 2.05) is 0 Å². The van der Waals surface area contributed by atoms with E-state index in [2.05, 4.69) is 15.5 Å². The van der Waals surface area contributed by atoms with Gasteiger partial charge in [0, 0.05) is 26.8 Å². The fourth-order valence-corrected chi connectivity index (χ4v) is 1.23. The van der Waals surface area contributed by atoms with Gasteiger partial charge in [-0.15, -0.1) is 5.10 Å². The average Bonchev–Trinajstić information content (AvgIpc) is 2.24. The van der Waals surface area contributed by atoms with Crippen LogP contribution in [0, 0.1) is 0 Å². The molecule has 6 heteroatoms. The number of halogens is 1. The van der Waals surface area contributed by atoms with Crippen molar-refractivity contribution in [3.8, 4) is 0 Å². The van der Waals surface area contributed by atoms with Gasteiger partial charge in [0.25, 0.3) is 0 Å². The Bertz CT molecular complexity index is 298. The van der Waals surface area contributed by atoms with Crippen LogP contribution in [0.2, 0.25) is 5.15 Å². The smallest absolute Gasteiger partial charge is 0.153 e. The van der Waals surface area contributed by atoms with Crippen LogP contribution in [0.25, 0.3) is 0 Å². The third-order valence-corrected chi connectivity index (χ3v) is 2.03. The molecule has 1 atom stereocenters. The monoisotopic (exact) mass is 231 g/mol. The molecule has 1 aromatic rings. The van der Waals surface area contributed by atoms with E-state index in [0.29, 0.717) is 18.3 Å². The highest BCUT2D eigenvalue weighted by Gasteiger charge is 2.06. The number of rotatable bonds is 6. The summed E-state index contributed by atoms with van der Waals surface area (Å²) in [4.78, 5) is 0.